The maximum atomic E-state index is 13.6. The zero-order chi connectivity index (χ0) is 25.1. The van der Waals surface area contributed by atoms with Gasteiger partial charge in [-0.25, -0.2) is 4.79 Å². The Bertz CT molecular complexity index is 1020. The van der Waals surface area contributed by atoms with Gasteiger partial charge >= 0.3 is 6.03 Å². The fourth-order valence-corrected chi connectivity index (χ4v) is 6.15. The van der Waals surface area contributed by atoms with Crippen molar-refractivity contribution in [3.63, 3.8) is 0 Å². The van der Waals surface area contributed by atoms with E-state index in [2.05, 4.69) is 72.6 Å². The third-order valence-electron chi connectivity index (χ3n) is 7.99. The number of fused-ring (bicyclic) bond motifs is 3. The summed E-state index contributed by atoms with van der Waals surface area (Å²) < 4.78 is 0. The van der Waals surface area contributed by atoms with Gasteiger partial charge in [-0.1, -0.05) is 75.2 Å². The van der Waals surface area contributed by atoms with Gasteiger partial charge in [0, 0.05) is 39.3 Å². The molecule has 0 unspecified atom stereocenters. The highest BCUT2D eigenvalue weighted by molar-refractivity contribution is 5.87. The van der Waals surface area contributed by atoms with E-state index in [-0.39, 0.29) is 18.0 Å². The predicted molar refractivity (Wildman–Crippen MR) is 144 cm³/mol. The Morgan fingerprint density at radius 1 is 0.778 bits per heavy atom. The van der Waals surface area contributed by atoms with Crippen LogP contribution in [0.15, 0.2) is 48.5 Å². The molecule has 2 aromatic carbocycles. The first-order chi connectivity index (χ1) is 17.5. The summed E-state index contributed by atoms with van der Waals surface area (Å²) in [6.45, 7) is 8.84. The fourth-order valence-electron chi connectivity index (χ4n) is 6.15. The van der Waals surface area contributed by atoms with Crippen LogP contribution in [0.4, 0.5) is 4.79 Å². The lowest BCUT2D eigenvalue weighted by Gasteiger charge is -2.40. The average Bonchev–Trinajstić information content (AvgIpc) is 3.02. The molecular formula is C30H40N4O2. The Morgan fingerprint density at radius 3 is 1.89 bits per heavy atom. The number of hydrogen-bond donors (Lipinski definition) is 1. The van der Waals surface area contributed by atoms with Crippen LogP contribution in [0.1, 0.15) is 63.1 Å². The van der Waals surface area contributed by atoms with Gasteiger partial charge in [0.2, 0.25) is 5.91 Å². The molecule has 1 aliphatic carbocycles. The molecule has 0 spiro atoms. The monoisotopic (exact) mass is 488 g/mol. The third-order valence-corrected chi connectivity index (χ3v) is 7.99. The van der Waals surface area contributed by atoms with E-state index >= 15 is 0 Å². The second-order valence-electron chi connectivity index (χ2n) is 11.0. The number of nitrogens with one attached hydrogen (secondary N) is 1. The summed E-state index contributed by atoms with van der Waals surface area (Å²) in [7, 11) is 0. The summed E-state index contributed by atoms with van der Waals surface area (Å²) >= 11 is 0. The SMILES string of the molecule is CC(C)C[C@H](NC(=O)N1CCCCCC1)C(=O)N1CCN(C2c3ccccc3-c3ccccc32)CC1. The molecule has 2 saturated heterocycles. The highest BCUT2D eigenvalue weighted by atomic mass is 16.2. The number of carbonyl (C=O) groups excluding carboxylic acids is 2. The molecule has 2 aromatic rings. The Kier molecular flexibility index (Phi) is 7.61. The second-order valence-corrected chi connectivity index (χ2v) is 11.0. The van der Waals surface area contributed by atoms with Crippen LogP contribution < -0.4 is 5.32 Å². The van der Waals surface area contributed by atoms with Crippen LogP contribution >= 0.6 is 0 Å². The summed E-state index contributed by atoms with van der Waals surface area (Å²) in [5.41, 5.74) is 5.37. The van der Waals surface area contributed by atoms with Gasteiger partial charge in [0.1, 0.15) is 6.04 Å². The van der Waals surface area contributed by atoms with Gasteiger partial charge in [-0.05, 0) is 47.4 Å². The number of urea groups is 1. The highest BCUT2D eigenvalue weighted by Crippen LogP contribution is 2.46. The summed E-state index contributed by atoms with van der Waals surface area (Å²) in [6, 6.07) is 17.1. The molecule has 2 aliphatic heterocycles. The van der Waals surface area contributed by atoms with Gasteiger partial charge in [-0.2, -0.15) is 0 Å². The van der Waals surface area contributed by atoms with Gasteiger partial charge in [0.05, 0.1) is 6.04 Å². The molecule has 3 amide bonds. The van der Waals surface area contributed by atoms with Crippen LogP contribution in [-0.4, -0.2) is 71.9 Å². The number of amides is 3. The maximum absolute atomic E-state index is 13.6. The lowest BCUT2D eigenvalue weighted by molar-refractivity contribution is -0.135. The molecule has 1 N–H and O–H groups in total. The molecule has 0 radical (unpaired) electrons. The molecule has 192 valence electrons. The van der Waals surface area contributed by atoms with Gasteiger partial charge < -0.3 is 15.1 Å². The number of benzene rings is 2. The van der Waals surface area contributed by atoms with Crippen molar-refractivity contribution in [1.29, 1.82) is 0 Å². The quantitative estimate of drug-likeness (QED) is 0.651. The van der Waals surface area contributed by atoms with Crippen molar-refractivity contribution >= 4 is 11.9 Å². The molecule has 0 bridgehead atoms. The van der Waals surface area contributed by atoms with E-state index in [0.717, 1.165) is 39.0 Å². The molecule has 5 rings (SSSR count). The van der Waals surface area contributed by atoms with Crippen molar-refractivity contribution in [3.05, 3.63) is 59.7 Å². The fraction of sp³-hybridized carbons (Fsp3) is 0.533. The summed E-state index contributed by atoms with van der Waals surface area (Å²) in [5, 5.41) is 3.12. The van der Waals surface area contributed by atoms with Crippen molar-refractivity contribution in [2.24, 2.45) is 5.92 Å². The summed E-state index contributed by atoms with van der Waals surface area (Å²) in [5.74, 6) is 0.398. The largest absolute Gasteiger partial charge is 0.338 e. The number of rotatable bonds is 5. The lowest BCUT2D eigenvalue weighted by atomic mass is 10.0. The predicted octanol–water partition coefficient (Wildman–Crippen LogP) is 4.90. The normalized spacial score (nSPS) is 19.5. The van der Waals surface area contributed by atoms with Gasteiger partial charge in [0.25, 0.3) is 0 Å². The van der Waals surface area contributed by atoms with E-state index in [4.69, 9.17) is 0 Å². The van der Waals surface area contributed by atoms with E-state index in [9.17, 15) is 9.59 Å². The highest BCUT2D eigenvalue weighted by Gasteiger charge is 2.36. The smallest absolute Gasteiger partial charge is 0.318 e. The Morgan fingerprint density at radius 2 is 1.33 bits per heavy atom. The number of likely N-dealkylation sites (tertiary alicyclic amines) is 1. The van der Waals surface area contributed by atoms with Crippen LogP contribution in [0, 0.1) is 5.92 Å². The first-order valence-electron chi connectivity index (χ1n) is 13.8. The molecule has 2 heterocycles. The van der Waals surface area contributed by atoms with Crippen LogP contribution in [0.5, 0.6) is 0 Å². The zero-order valence-corrected chi connectivity index (χ0v) is 21.8. The van der Waals surface area contributed by atoms with E-state index in [1.807, 2.05) is 9.80 Å². The minimum atomic E-state index is -0.458. The first kappa shape index (κ1) is 24.8. The van der Waals surface area contributed by atoms with Crippen molar-refractivity contribution in [2.75, 3.05) is 39.3 Å². The minimum Gasteiger partial charge on any atom is -0.338 e. The number of hydrogen-bond acceptors (Lipinski definition) is 3. The topological polar surface area (TPSA) is 55.9 Å². The molecule has 2 fully saturated rings. The molecule has 3 aliphatic rings. The number of carbonyl (C=O) groups is 2. The molecule has 36 heavy (non-hydrogen) atoms. The molecular weight excluding hydrogens is 448 g/mol. The zero-order valence-electron chi connectivity index (χ0n) is 21.8. The van der Waals surface area contributed by atoms with Gasteiger partial charge in [-0.15, -0.1) is 0 Å². The van der Waals surface area contributed by atoms with Crippen molar-refractivity contribution in [1.82, 2.24) is 20.0 Å². The average molecular weight is 489 g/mol. The number of piperazine rings is 1. The Labute approximate surface area is 215 Å². The summed E-state index contributed by atoms with van der Waals surface area (Å²) in [4.78, 5) is 33.0. The van der Waals surface area contributed by atoms with Crippen molar-refractivity contribution < 1.29 is 9.59 Å². The molecule has 6 nitrogen and oxygen atoms in total. The van der Waals surface area contributed by atoms with E-state index in [1.54, 1.807) is 0 Å². The third kappa shape index (κ3) is 5.15. The number of nitrogens with zero attached hydrogens (tertiary/aromatic N) is 3. The minimum absolute atomic E-state index is 0.0683. The van der Waals surface area contributed by atoms with Gasteiger partial charge in [0.15, 0.2) is 0 Å². The Balaban J connectivity index is 1.25. The Hall–Kier alpha value is -2.86. The van der Waals surface area contributed by atoms with E-state index < -0.39 is 6.04 Å². The van der Waals surface area contributed by atoms with Crippen LogP contribution in [-0.2, 0) is 4.79 Å². The molecule has 0 saturated carbocycles. The summed E-state index contributed by atoms with van der Waals surface area (Å²) in [6.07, 6.45) is 5.12. The standard InChI is InChI=1S/C30H40N4O2/c1-22(2)21-27(31-30(36)34-15-9-3-4-10-16-34)29(35)33-19-17-32(18-20-33)28-25-13-7-5-11-23(25)24-12-6-8-14-26(24)28/h5-8,11-14,22,27-28H,3-4,9-10,15-21H2,1-2H3,(H,31,36)/t27-/m0/s1. The van der Waals surface area contributed by atoms with E-state index in [0.29, 0.717) is 25.4 Å². The van der Waals surface area contributed by atoms with Crippen molar-refractivity contribution in [3.8, 4) is 11.1 Å². The van der Waals surface area contributed by atoms with Crippen LogP contribution in [0.25, 0.3) is 11.1 Å². The lowest BCUT2D eigenvalue weighted by Crippen LogP contribution is -2.57. The van der Waals surface area contributed by atoms with Gasteiger partial charge in [-0.3, -0.25) is 9.69 Å². The first-order valence-corrected chi connectivity index (χ1v) is 13.8. The second kappa shape index (κ2) is 11.0. The van der Waals surface area contributed by atoms with Crippen LogP contribution in [0.3, 0.4) is 0 Å². The molecule has 0 aromatic heterocycles. The van der Waals surface area contributed by atoms with Crippen molar-refractivity contribution in [2.45, 2.75) is 58.0 Å². The maximum Gasteiger partial charge on any atom is 0.318 e. The molecule has 1 atom stereocenters. The van der Waals surface area contributed by atoms with Crippen LogP contribution in [0.2, 0.25) is 0 Å². The van der Waals surface area contributed by atoms with E-state index in [1.165, 1.54) is 35.1 Å². The molecule has 6 heteroatoms.